The van der Waals surface area contributed by atoms with Crippen LogP contribution in [-0.4, -0.2) is 0 Å². The maximum absolute atomic E-state index is 6.53. The molecule has 0 fully saturated rings. The molecule has 1 aromatic heterocycles. The summed E-state index contributed by atoms with van der Waals surface area (Å²) in [5.74, 6) is 1.89. The SMILES string of the molecule is CC(Nc1c(C(C)(C)C)cccc1C(C)(C)C)c1ccc(C(C)Nc2c(C(C)(C)C)cccc2C(C)(C)C)o1. The van der Waals surface area contributed by atoms with Gasteiger partial charge in [0.05, 0.1) is 12.1 Å². The maximum atomic E-state index is 6.53. The van der Waals surface area contributed by atoms with Crippen molar-refractivity contribution in [1.29, 1.82) is 0 Å². The Morgan fingerprint density at radius 2 is 0.718 bits per heavy atom. The number of hydrogen-bond donors (Lipinski definition) is 2. The van der Waals surface area contributed by atoms with E-state index in [0.29, 0.717) is 0 Å². The molecule has 0 amide bonds. The number of nitrogens with one attached hydrogen (secondary N) is 2. The van der Waals surface area contributed by atoms with Gasteiger partial charge in [-0.1, -0.05) is 119 Å². The summed E-state index contributed by atoms with van der Waals surface area (Å²) in [6.07, 6.45) is 0. The Morgan fingerprint density at radius 1 is 0.462 bits per heavy atom. The van der Waals surface area contributed by atoms with Gasteiger partial charge in [-0.15, -0.1) is 0 Å². The van der Waals surface area contributed by atoms with E-state index in [2.05, 4.69) is 156 Å². The van der Waals surface area contributed by atoms with E-state index in [-0.39, 0.29) is 33.7 Å². The van der Waals surface area contributed by atoms with Gasteiger partial charge < -0.3 is 15.1 Å². The van der Waals surface area contributed by atoms with Crippen molar-refractivity contribution >= 4 is 11.4 Å². The van der Waals surface area contributed by atoms with E-state index in [1.54, 1.807) is 0 Å². The second-order valence-corrected chi connectivity index (χ2v) is 15.4. The summed E-state index contributed by atoms with van der Waals surface area (Å²) in [4.78, 5) is 0. The Hall–Kier alpha value is -2.68. The average molecular weight is 531 g/mol. The van der Waals surface area contributed by atoms with Gasteiger partial charge in [0.2, 0.25) is 0 Å². The number of anilines is 2. The van der Waals surface area contributed by atoms with Crippen molar-refractivity contribution < 1.29 is 4.42 Å². The molecule has 0 aliphatic carbocycles. The highest BCUT2D eigenvalue weighted by atomic mass is 16.3. The van der Waals surface area contributed by atoms with Crippen LogP contribution < -0.4 is 10.6 Å². The third-order valence-electron chi connectivity index (χ3n) is 7.58. The van der Waals surface area contributed by atoms with Gasteiger partial charge in [-0.25, -0.2) is 0 Å². The molecule has 0 spiro atoms. The Balaban J connectivity index is 1.94. The van der Waals surface area contributed by atoms with Crippen molar-refractivity contribution in [3.05, 3.63) is 82.3 Å². The quantitative estimate of drug-likeness (QED) is 0.333. The van der Waals surface area contributed by atoms with Crippen LogP contribution in [0.3, 0.4) is 0 Å². The minimum atomic E-state index is 0.0290. The molecule has 1 heterocycles. The molecule has 2 atom stereocenters. The van der Waals surface area contributed by atoms with Gasteiger partial charge in [0.15, 0.2) is 0 Å². The zero-order valence-electron chi connectivity index (χ0n) is 27.2. The van der Waals surface area contributed by atoms with Crippen LogP contribution in [0.1, 0.15) is 143 Å². The van der Waals surface area contributed by atoms with Gasteiger partial charge in [-0.3, -0.25) is 0 Å². The molecule has 3 nitrogen and oxygen atoms in total. The van der Waals surface area contributed by atoms with E-state index in [9.17, 15) is 0 Å². The first-order valence-electron chi connectivity index (χ1n) is 14.6. The minimum Gasteiger partial charge on any atom is -0.462 e. The van der Waals surface area contributed by atoms with E-state index in [1.807, 2.05) is 0 Å². The van der Waals surface area contributed by atoms with Crippen LogP contribution in [0.15, 0.2) is 52.9 Å². The number of para-hydroxylation sites is 2. The van der Waals surface area contributed by atoms with Gasteiger partial charge >= 0.3 is 0 Å². The average Bonchev–Trinajstić information content (AvgIpc) is 3.27. The molecule has 3 heteroatoms. The molecular formula is C36H54N2O. The number of benzene rings is 2. The molecule has 2 N–H and O–H groups in total. The van der Waals surface area contributed by atoms with Crippen molar-refractivity contribution in [3.63, 3.8) is 0 Å². The second-order valence-electron chi connectivity index (χ2n) is 15.4. The highest BCUT2D eigenvalue weighted by molar-refractivity contribution is 5.64. The lowest BCUT2D eigenvalue weighted by molar-refractivity contribution is 0.436. The van der Waals surface area contributed by atoms with Crippen LogP contribution in [0, 0.1) is 0 Å². The number of furan rings is 1. The molecule has 214 valence electrons. The monoisotopic (exact) mass is 530 g/mol. The lowest BCUT2D eigenvalue weighted by atomic mass is 9.78. The van der Waals surface area contributed by atoms with Crippen LogP contribution in [-0.2, 0) is 21.7 Å². The van der Waals surface area contributed by atoms with Crippen molar-refractivity contribution in [2.24, 2.45) is 0 Å². The molecule has 2 unspecified atom stereocenters. The first kappa shape index (κ1) is 30.9. The lowest BCUT2D eigenvalue weighted by Crippen LogP contribution is -2.22. The first-order valence-corrected chi connectivity index (χ1v) is 14.6. The summed E-state index contributed by atoms with van der Waals surface area (Å²) in [6, 6.07) is 17.7. The molecule has 0 bridgehead atoms. The molecular weight excluding hydrogens is 476 g/mol. The predicted molar refractivity (Wildman–Crippen MR) is 170 cm³/mol. The van der Waals surface area contributed by atoms with E-state index >= 15 is 0 Å². The topological polar surface area (TPSA) is 37.2 Å². The molecule has 0 saturated carbocycles. The van der Waals surface area contributed by atoms with Crippen LogP contribution in [0.4, 0.5) is 11.4 Å². The first-order chi connectivity index (χ1) is 17.7. The Kier molecular flexibility index (Phi) is 8.47. The molecule has 2 aromatic carbocycles. The van der Waals surface area contributed by atoms with Crippen LogP contribution in [0.5, 0.6) is 0 Å². The molecule has 3 aromatic rings. The van der Waals surface area contributed by atoms with E-state index in [1.165, 1.54) is 33.6 Å². The predicted octanol–water partition coefficient (Wildman–Crippen LogP) is 10.8. The Labute approximate surface area is 239 Å². The number of hydrogen-bond acceptors (Lipinski definition) is 3. The third-order valence-corrected chi connectivity index (χ3v) is 7.58. The van der Waals surface area contributed by atoms with E-state index in [0.717, 1.165) is 11.5 Å². The third kappa shape index (κ3) is 7.10. The summed E-state index contributed by atoms with van der Waals surface area (Å²) < 4.78 is 6.53. The second kappa shape index (κ2) is 10.7. The molecule has 0 saturated heterocycles. The summed E-state index contributed by atoms with van der Waals surface area (Å²) in [7, 11) is 0. The fourth-order valence-electron chi connectivity index (χ4n) is 5.32. The lowest BCUT2D eigenvalue weighted by Gasteiger charge is -2.32. The van der Waals surface area contributed by atoms with Gasteiger partial charge in [0, 0.05) is 11.4 Å². The van der Waals surface area contributed by atoms with Gasteiger partial charge in [0.25, 0.3) is 0 Å². The van der Waals surface area contributed by atoms with Crippen LogP contribution >= 0.6 is 0 Å². The number of rotatable bonds is 6. The van der Waals surface area contributed by atoms with Gasteiger partial charge in [0.1, 0.15) is 11.5 Å². The highest BCUT2D eigenvalue weighted by Crippen LogP contribution is 2.41. The fraction of sp³-hybridized carbons (Fsp3) is 0.556. The van der Waals surface area contributed by atoms with Crippen LogP contribution in [0.25, 0.3) is 0 Å². The molecule has 0 aliphatic heterocycles. The molecule has 39 heavy (non-hydrogen) atoms. The highest BCUT2D eigenvalue weighted by Gasteiger charge is 2.29. The van der Waals surface area contributed by atoms with E-state index < -0.39 is 0 Å². The zero-order chi connectivity index (χ0) is 29.6. The summed E-state index contributed by atoms with van der Waals surface area (Å²) in [5, 5.41) is 7.71. The zero-order valence-corrected chi connectivity index (χ0v) is 27.2. The standard InChI is InChI=1S/C36H54N2O/c1-23(37-31-25(33(3,4)5)17-15-18-26(31)34(6,7)8)29-21-22-30(39-29)24(2)38-32-27(35(9,10)11)19-16-20-28(32)36(12,13)14/h15-24,37-38H,1-14H3. The maximum Gasteiger partial charge on any atom is 0.126 e. The van der Waals surface area contributed by atoms with Crippen molar-refractivity contribution in [2.75, 3.05) is 10.6 Å². The molecule has 0 radical (unpaired) electrons. The normalized spacial score (nSPS) is 14.7. The van der Waals surface area contributed by atoms with Crippen molar-refractivity contribution in [2.45, 2.75) is 131 Å². The van der Waals surface area contributed by atoms with E-state index in [4.69, 9.17) is 4.42 Å². The largest absolute Gasteiger partial charge is 0.462 e. The van der Waals surface area contributed by atoms with Gasteiger partial charge in [-0.05, 0) is 69.9 Å². The van der Waals surface area contributed by atoms with Crippen LogP contribution in [0.2, 0.25) is 0 Å². The fourth-order valence-corrected chi connectivity index (χ4v) is 5.32. The summed E-state index contributed by atoms with van der Waals surface area (Å²) in [6.45, 7) is 31.8. The summed E-state index contributed by atoms with van der Waals surface area (Å²) >= 11 is 0. The molecule has 3 rings (SSSR count). The Bertz CT molecular complexity index is 1110. The Morgan fingerprint density at radius 3 is 0.949 bits per heavy atom. The summed E-state index contributed by atoms with van der Waals surface area (Å²) in [5.41, 5.74) is 7.89. The van der Waals surface area contributed by atoms with Gasteiger partial charge in [-0.2, -0.15) is 0 Å². The van der Waals surface area contributed by atoms with Crippen molar-refractivity contribution in [3.8, 4) is 0 Å². The minimum absolute atomic E-state index is 0.0290. The molecule has 0 aliphatic rings. The smallest absolute Gasteiger partial charge is 0.126 e. The van der Waals surface area contributed by atoms with Crippen molar-refractivity contribution in [1.82, 2.24) is 0 Å².